The van der Waals surface area contributed by atoms with E-state index in [4.69, 9.17) is 75.8 Å². The van der Waals surface area contributed by atoms with E-state index >= 15 is 14.4 Å². The number of hydrogen-bond donors (Lipinski definition) is 0. The molecule has 14 rings (SSSR count). The lowest BCUT2D eigenvalue weighted by Gasteiger charge is -2.51. The Morgan fingerprint density at radius 3 is 0.911 bits per heavy atom. The Morgan fingerprint density at radius 1 is 0.277 bits per heavy atom. The molecule has 0 radical (unpaired) electrons. The first-order valence-electron chi connectivity index (χ1n) is 36.1. The molecule has 0 saturated carbocycles. The highest BCUT2D eigenvalue weighted by Crippen LogP contribution is 2.42. The molecule has 0 N–H and O–H groups in total. The number of carbonyl (C=O) groups excluding carboxylic acids is 8. The molecule has 0 aliphatic carbocycles. The van der Waals surface area contributed by atoms with Crippen LogP contribution in [0.3, 0.4) is 0 Å². The van der Waals surface area contributed by atoms with Crippen molar-refractivity contribution in [2.75, 3.05) is 19.8 Å². The van der Waals surface area contributed by atoms with Crippen LogP contribution in [-0.4, -0.2) is 160 Å². The van der Waals surface area contributed by atoms with Crippen molar-refractivity contribution in [3.05, 3.63) is 359 Å². The summed E-state index contributed by atoms with van der Waals surface area (Å²) in [7, 11) is 0. The van der Waals surface area contributed by atoms with Gasteiger partial charge in [-0.2, -0.15) is 0 Å². The van der Waals surface area contributed by atoms with Crippen molar-refractivity contribution < 1.29 is 114 Å². The maximum Gasteiger partial charge on any atom is 0.338 e. The second-order valence-electron chi connectivity index (χ2n) is 26.1. The summed E-state index contributed by atoms with van der Waals surface area (Å²) in [5.74, 6) is -7.80. The second-order valence-corrected chi connectivity index (χ2v) is 26.1. The minimum Gasteiger partial charge on any atom is -0.459 e. The number of esters is 8. The Bertz CT molecular complexity index is 4770. The molecular formula is C88H74O24. The van der Waals surface area contributed by atoms with Gasteiger partial charge in [-0.25, -0.2) is 38.4 Å². The van der Waals surface area contributed by atoms with Gasteiger partial charge in [0.05, 0.1) is 57.7 Å². The van der Waals surface area contributed by atoms with Crippen LogP contribution < -0.4 is 0 Å². The van der Waals surface area contributed by atoms with Crippen LogP contribution in [0.2, 0.25) is 0 Å². The highest BCUT2D eigenvalue weighted by atomic mass is 16.8. The van der Waals surface area contributed by atoms with Crippen molar-refractivity contribution in [3.63, 3.8) is 0 Å². The SMILES string of the molecule is O=C(OC[C@H]1O[C@@H](OCc2ccccc2)[C@@H](OC(=O)c2ccccc2)[C@@H](OC(=O)c2ccccc2)[C@@H]1O[C@@H]1O[C@H](COC(=O)c2ccccc2)[C@@H](O[C@@H]2O[C@@H]3CO[C@@H](c4ccccc4)O[C@H]3[C@H](OC(=O)c3ccccc3)[C@@H]2OC(=O)c2ccccc2)[C@H](OC(=O)c2ccccc2)[C@@H]1OC(=O)c1ccccc1)c1ccccc1. The number of benzene rings is 10. The third kappa shape index (κ3) is 18.9. The van der Waals surface area contributed by atoms with Gasteiger partial charge in [-0.05, 0) is 103 Å². The highest BCUT2D eigenvalue weighted by Gasteiger charge is 2.61. The summed E-state index contributed by atoms with van der Waals surface area (Å²) in [6, 6.07) is 80.3. The summed E-state index contributed by atoms with van der Waals surface area (Å²) in [5.41, 5.74) is 1.36. The quantitative estimate of drug-likeness (QED) is 0.0359. The molecule has 10 aromatic carbocycles. The monoisotopic (exact) mass is 1510 g/mol. The van der Waals surface area contributed by atoms with E-state index in [0.717, 1.165) is 0 Å². The predicted octanol–water partition coefficient (Wildman–Crippen LogP) is 12.3. The van der Waals surface area contributed by atoms with Crippen LogP contribution >= 0.6 is 0 Å². The summed E-state index contributed by atoms with van der Waals surface area (Å²) >= 11 is 0. The van der Waals surface area contributed by atoms with Gasteiger partial charge < -0.3 is 75.8 Å². The first-order valence-corrected chi connectivity index (χ1v) is 36.1. The lowest BCUT2D eigenvalue weighted by atomic mass is 9.94. The first-order chi connectivity index (χ1) is 54.8. The third-order valence-corrected chi connectivity index (χ3v) is 18.7. The minimum atomic E-state index is -2.22. The fraction of sp³-hybridized carbons (Fsp3) is 0.227. The van der Waals surface area contributed by atoms with E-state index in [9.17, 15) is 24.0 Å². The van der Waals surface area contributed by atoms with Gasteiger partial charge in [-0.15, -0.1) is 0 Å². The molecule has 4 aliphatic heterocycles. The smallest absolute Gasteiger partial charge is 0.338 e. The summed E-state index contributed by atoms with van der Waals surface area (Å²) in [5, 5.41) is 0. The standard InChI is InChI=1S/C88H74O24/c89-77(56-33-13-2-14-34-56)97-52-65-69(71(104-79(91)58-37-17-4-18-38-58)74(107-82(94)61-43-23-7-24-44-61)86(101-65)99-51-55-31-11-1-12-32-55)111-87-76(109-84(96)63-47-27-9-28-48-63)73(106-81(93)60-41-21-6-22-42-60)70(66(102-87)53-98-78(90)57-35-15-3-16-36-57)112-88-75(108-83(95)62-45-25-8-26-46-62)72(105-80(92)59-39-19-5-20-40-59)68-67(103-88)54-100-85(110-68)64-49-29-10-30-50-64/h1-50,65-76,85-88H,51-54H2/t65-,66-,67-,68-,69-,70-,71+,72+,73+,74+,75+,76+,85-,86-,87+,88+/m1/s1. The number of ether oxygens (including phenoxy) is 16. The van der Waals surface area contributed by atoms with Gasteiger partial charge in [-0.1, -0.05) is 206 Å². The lowest BCUT2D eigenvalue weighted by Crippen LogP contribution is -2.69. The molecule has 4 aliphatic rings. The van der Waals surface area contributed by atoms with Gasteiger partial charge in [0.15, 0.2) is 61.8 Å². The van der Waals surface area contributed by atoms with Crippen LogP contribution in [0, 0.1) is 0 Å². The molecule has 0 bridgehead atoms. The lowest BCUT2D eigenvalue weighted by molar-refractivity contribution is -0.391. The largest absolute Gasteiger partial charge is 0.459 e. The zero-order valence-corrected chi connectivity index (χ0v) is 59.7. The average Bonchev–Trinajstić information content (AvgIpc) is 0.752. The van der Waals surface area contributed by atoms with Gasteiger partial charge in [0.1, 0.15) is 49.8 Å². The zero-order chi connectivity index (χ0) is 77.1. The predicted molar refractivity (Wildman–Crippen MR) is 394 cm³/mol. The molecule has 4 saturated heterocycles. The number of rotatable bonds is 26. The summed E-state index contributed by atoms with van der Waals surface area (Å²) < 4.78 is 107. The van der Waals surface area contributed by atoms with E-state index < -0.39 is 159 Å². The Kier molecular flexibility index (Phi) is 25.2. The number of hydrogen-bond acceptors (Lipinski definition) is 24. The second kappa shape index (κ2) is 36.9. The number of fused-ring (bicyclic) bond motifs is 1. The Morgan fingerprint density at radius 2 is 0.554 bits per heavy atom. The van der Waals surface area contributed by atoms with Crippen molar-refractivity contribution in [2.24, 2.45) is 0 Å². The summed E-state index contributed by atoms with van der Waals surface area (Å²) in [4.78, 5) is 119. The molecule has 0 aromatic heterocycles. The minimum absolute atomic E-state index is 0.00474. The number of carbonyl (C=O) groups is 8. The molecule has 112 heavy (non-hydrogen) atoms. The molecule has 570 valence electrons. The van der Waals surface area contributed by atoms with E-state index in [0.29, 0.717) is 11.1 Å². The summed E-state index contributed by atoms with van der Waals surface area (Å²) in [6.07, 6.45) is -28.8. The van der Waals surface area contributed by atoms with Crippen molar-refractivity contribution >= 4 is 47.8 Å². The molecule has 24 nitrogen and oxygen atoms in total. The fourth-order valence-electron chi connectivity index (χ4n) is 13.1. The molecule has 0 unspecified atom stereocenters. The van der Waals surface area contributed by atoms with E-state index in [1.165, 1.54) is 97.1 Å². The molecule has 4 heterocycles. The Labute approximate surface area is 642 Å². The maximum atomic E-state index is 15.4. The van der Waals surface area contributed by atoms with Gasteiger partial charge in [0.25, 0.3) is 0 Å². The van der Waals surface area contributed by atoms with E-state index in [-0.39, 0.29) is 57.7 Å². The van der Waals surface area contributed by atoms with Crippen LogP contribution in [0.4, 0.5) is 0 Å². The maximum absolute atomic E-state index is 15.4. The van der Waals surface area contributed by atoms with Gasteiger partial charge in [0.2, 0.25) is 0 Å². The molecular weight excluding hydrogens is 1440 g/mol. The average molecular weight is 1520 g/mol. The fourth-order valence-corrected chi connectivity index (χ4v) is 13.1. The van der Waals surface area contributed by atoms with Crippen LogP contribution in [0.1, 0.15) is 100 Å². The molecule has 24 heteroatoms. The van der Waals surface area contributed by atoms with E-state index in [2.05, 4.69) is 0 Å². The van der Waals surface area contributed by atoms with Gasteiger partial charge in [0, 0.05) is 5.56 Å². The molecule has 10 aromatic rings. The highest BCUT2D eigenvalue weighted by molar-refractivity contribution is 5.93. The normalized spacial score (nSPS) is 24.5. The zero-order valence-electron chi connectivity index (χ0n) is 59.7. The molecule has 0 spiro atoms. The summed E-state index contributed by atoms with van der Waals surface area (Å²) in [6.45, 7) is -2.14. The van der Waals surface area contributed by atoms with Crippen LogP contribution in [0.15, 0.2) is 303 Å². The van der Waals surface area contributed by atoms with E-state index in [1.54, 1.807) is 206 Å². The van der Waals surface area contributed by atoms with Crippen molar-refractivity contribution in [2.45, 2.75) is 105 Å². The van der Waals surface area contributed by atoms with Crippen LogP contribution in [0.5, 0.6) is 0 Å². The van der Waals surface area contributed by atoms with Crippen LogP contribution in [0.25, 0.3) is 0 Å². The Balaban J connectivity index is 0.939. The first kappa shape index (κ1) is 76.4. The van der Waals surface area contributed by atoms with Gasteiger partial charge in [-0.3, -0.25) is 0 Å². The topological polar surface area (TPSA) is 284 Å². The van der Waals surface area contributed by atoms with E-state index in [1.807, 2.05) is 0 Å². The van der Waals surface area contributed by atoms with Crippen molar-refractivity contribution in [1.29, 1.82) is 0 Å². The molecule has 0 amide bonds. The van der Waals surface area contributed by atoms with Gasteiger partial charge >= 0.3 is 47.8 Å². The van der Waals surface area contributed by atoms with Crippen LogP contribution in [-0.2, 0) is 82.4 Å². The Hall–Kier alpha value is -12.4. The molecule has 4 fully saturated rings. The third-order valence-electron chi connectivity index (χ3n) is 18.7. The molecule has 16 atom stereocenters. The van der Waals surface area contributed by atoms with Crippen molar-refractivity contribution in [3.8, 4) is 0 Å². The van der Waals surface area contributed by atoms with Crippen molar-refractivity contribution in [1.82, 2.24) is 0 Å².